The number of nitrogens with zero attached hydrogens (tertiary/aromatic N) is 1. The second-order valence-corrected chi connectivity index (χ2v) is 7.10. The first-order valence-electron chi connectivity index (χ1n) is 9.29. The quantitative estimate of drug-likeness (QED) is 0.697. The van der Waals surface area contributed by atoms with Crippen molar-refractivity contribution in [1.29, 1.82) is 0 Å². The molecule has 1 aromatic heterocycles. The molecule has 2 rings (SSSR count). The van der Waals surface area contributed by atoms with Crippen LogP contribution in [0.1, 0.15) is 39.0 Å². The van der Waals surface area contributed by atoms with Crippen LogP contribution < -0.4 is 4.90 Å². The maximum Gasteiger partial charge on any atom is 0.361 e. The Morgan fingerprint density at radius 1 is 1.19 bits per heavy atom. The summed E-state index contributed by atoms with van der Waals surface area (Å²) in [6.45, 7) is 10.5. The minimum absolute atomic E-state index is 0.161. The molecule has 0 radical (unpaired) electrons. The molecule has 142 valence electrons. The molecule has 0 saturated heterocycles. The molecule has 0 aliphatic heterocycles. The summed E-state index contributed by atoms with van der Waals surface area (Å²) in [4.78, 5) is 13.2. The van der Waals surface area contributed by atoms with E-state index in [4.69, 9.17) is 4.74 Å². The summed E-state index contributed by atoms with van der Waals surface area (Å²) in [5, 5.41) is 0. The third kappa shape index (κ3) is 5.70. The lowest BCUT2D eigenvalue weighted by molar-refractivity contribution is -0.933. The summed E-state index contributed by atoms with van der Waals surface area (Å²) in [5.74, 6) is 0.0730. The Bertz CT molecular complexity index is 694. The summed E-state index contributed by atoms with van der Waals surface area (Å²) in [6, 6.07) is 11.0. The Morgan fingerprint density at radius 2 is 1.88 bits per heavy atom. The van der Waals surface area contributed by atoms with Gasteiger partial charge in [0.1, 0.15) is 12.4 Å². The smallest absolute Gasteiger partial charge is 0.361 e. The average molecular weight is 361 g/mol. The molecule has 26 heavy (non-hydrogen) atoms. The Balaban J connectivity index is 2.13. The minimum Gasteiger partial charge on any atom is -0.462 e. The van der Waals surface area contributed by atoms with E-state index in [1.54, 1.807) is 12.1 Å². The monoisotopic (exact) mass is 361 g/mol. The van der Waals surface area contributed by atoms with Crippen LogP contribution in [0, 0.1) is 11.7 Å². The van der Waals surface area contributed by atoms with E-state index >= 15 is 0 Å². The first kappa shape index (κ1) is 20.2. The Labute approximate surface area is 155 Å². The summed E-state index contributed by atoms with van der Waals surface area (Å²) < 4.78 is 20.4. The summed E-state index contributed by atoms with van der Waals surface area (Å²) in [7, 11) is 0. The summed E-state index contributed by atoms with van der Waals surface area (Å²) >= 11 is 0. The zero-order valence-electron chi connectivity index (χ0n) is 16.2. The number of esters is 1. The third-order valence-electron chi connectivity index (χ3n) is 4.92. The van der Waals surface area contributed by atoms with Crippen molar-refractivity contribution in [1.82, 2.24) is 4.57 Å². The maximum atomic E-state index is 13.1. The molecular weight excluding hydrogens is 331 g/mol. The van der Waals surface area contributed by atoms with Gasteiger partial charge in [0.15, 0.2) is 6.54 Å². The summed E-state index contributed by atoms with van der Waals surface area (Å²) in [6.07, 6.45) is 2.03. The van der Waals surface area contributed by atoms with Crippen molar-refractivity contribution in [2.45, 2.75) is 46.8 Å². The van der Waals surface area contributed by atoms with E-state index in [-0.39, 0.29) is 11.8 Å². The van der Waals surface area contributed by atoms with Crippen LogP contribution in [-0.4, -0.2) is 29.7 Å². The van der Waals surface area contributed by atoms with Gasteiger partial charge in [0, 0.05) is 18.7 Å². The fourth-order valence-corrected chi connectivity index (χ4v) is 3.04. The molecule has 1 heterocycles. The zero-order valence-corrected chi connectivity index (χ0v) is 16.2. The molecule has 1 aromatic carbocycles. The number of hydrogen-bond acceptors (Lipinski definition) is 2. The van der Waals surface area contributed by atoms with Gasteiger partial charge < -0.3 is 14.2 Å². The molecule has 2 atom stereocenters. The number of benzene rings is 1. The van der Waals surface area contributed by atoms with Crippen LogP contribution >= 0.6 is 0 Å². The van der Waals surface area contributed by atoms with Crippen LogP contribution in [0.15, 0.2) is 42.6 Å². The van der Waals surface area contributed by atoms with Crippen LogP contribution in [0.3, 0.4) is 0 Å². The average Bonchev–Trinajstić information content (AvgIpc) is 3.02. The van der Waals surface area contributed by atoms with Gasteiger partial charge in [0.25, 0.3) is 0 Å². The third-order valence-corrected chi connectivity index (χ3v) is 4.92. The number of nitrogens with one attached hydrogen (secondary N) is 1. The highest BCUT2D eigenvalue weighted by molar-refractivity contribution is 5.70. The molecule has 0 bridgehead atoms. The van der Waals surface area contributed by atoms with E-state index in [1.807, 2.05) is 19.2 Å². The fourth-order valence-electron chi connectivity index (χ4n) is 3.04. The number of hydrogen-bond donors (Lipinski definition) is 1. The lowest BCUT2D eigenvalue weighted by Gasteiger charge is -2.28. The summed E-state index contributed by atoms with van der Waals surface area (Å²) in [5.41, 5.74) is 2.20. The standard InChI is InChI=1S/C21H29FN2O2/c1-5-26-21(25)15-24(17(4)16(2)3)14-20-7-6-12-23(20)13-18-8-10-19(22)11-9-18/h6-12,16-17H,5,13-15H2,1-4H3/p+1/t17-/m1/s1. The highest BCUT2D eigenvalue weighted by Crippen LogP contribution is 2.09. The molecule has 0 amide bonds. The lowest BCUT2D eigenvalue weighted by atomic mass is 10.0. The lowest BCUT2D eigenvalue weighted by Crippen LogP contribution is -3.15. The van der Waals surface area contributed by atoms with Gasteiger partial charge in [-0.1, -0.05) is 26.0 Å². The van der Waals surface area contributed by atoms with Crippen molar-refractivity contribution in [3.63, 3.8) is 0 Å². The fraction of sp³-hybridized carbons (Fsp3) is 0.476. The first-order valence-corrected chi connectivity index (χ1v) is 9.29. The highest BCUT2D eigenvalue weighted by atomic mass is 19.1. The topological polar surface area (TPSA) is 35.7 Å². The van der Waals surface area contributed by atoms with E-state index in [0.717, 1.165) is 17.8 Å². The van der Waals surface area contributed by atoms with Crippen molar-refractivity contribution >= 4 is 5.97 Å². The van der Waals surface area contributed by atoms with Crippen molar-refractivity contribution in [3.05, 3.63) is 59.7 Å². The van der Waals surface area contributed by atoms with Gasteiger partial charge in [-0.2, -0.15) is 0 Å². The molecule has 1 unspecified atom stereocenters. The second kappa shape index (κ2) is 9.53. The van der Waals surface area contributed by atoms with E-state index < -0.39 is 0 Å². The van der Waals surface area contributed by atoms with Gasteiger partial charge in [-0.3, -0.25) is 0 Å². The van der Waals surface area contributed by atoms with Crippen molar-refractivity contribution in [2.24, 2.45) is 5.92 Å². The van der Waals surface area contributed by atoms with Gasteiger partial charge in [0.2, 0.25) is 0 Å². The highest BCUT2D eigenvalue weighted by Gasteiger charge is 2.25. The zero-order chi connectivity index (χ0) is 19.1. The van der Waals surface area contributed by atoms with Crippen LogP contribution in [0.2, 0.25) is 0 Å². The molecule has 5 heteroatoms. The normalized spacial score (nSPS) is 13.6. The largest absolute Gasteiger partial charge is 0.462 e. The molecule has 0 fully saturated rings. The number of aromatic nitrogens is 1. The molecule has 1 N–H and O–H groups in total. The van der Waals surface area contributed by atoms with Crippen LogP contribution in [0.5, 0.6) is 0 Å². The number of quaternary nitrogens is 1. The van der Waals surface area contributed by atoms with Gasteiger partial charge in [-0.15, -0.1) is 0 Å². The van der Waals surface area contributed by atoms with Gasteiger partial charge in [0.05, 0.1) is 18.3 Å². The van der Waals surface area contributed by atoms with E-state index in [9.17, 15) is 9.18 Å². The molecule has 0 aliphatic carbocycles. The van der Waals surface area contributed by atoms with Crippen LogP contribution in [0.25, 0.3) is 0 Å². The number of ether oxygens (including phenoxy) is 1. The number of carbonyl (C=O) groups is 1. The Kier molecular flexibility index (Phi) is 7.39. The molecule has 4 nitrogen and oxygen atoms in total. The van der Waals surface area contributed by atoms with Crippen LogP contribution in [0.4, 0.5) is 4.39 Å². The molecular formula is C21H30FN2O2+. The van der Waals surface area contributed by atoms with Crippen molar-refractivity contribution < 1.29 is 18.8 Å². The molecule has 0 spiro atoms. The second-order valence-electron chi connectivity index (χ2n) is 7.10. The minimum atomic E-state index is -0.225. The molecule has 2 aromatic rings. The Hall–Kier alpha value is -2.14. The van der Waals surface area contributed by atoms with Gasteiger partial charge >= 0.3 is 5.97 Å². The van der Waals surface area contributed by atoms with E-state index in [0.29, 0.717) is 31.7 Å². The van der Waals surface area contributed by atoms with Gasteiger partial charge in [-0.25, -0.2) is 9.18 Å². The number of halogens is 1. The van der Waals surface area contributed by atoms with Crippen molar-refractivity contribution in [2.75, 3.05) is 13.2 Å². The SMILES string of the molecule is CCOC(=O)C[NH+](Cc1cccn1Cc1ccc(F)cc1)[C@H](C)C(C)C. The molecule has 0 saturated carbocycles. The predicted molar refractivity (Wildman–Crippen MR) is 100 cm³/mol. The van der Waals surface area contributed by atoms with E-state index in [2.05, 4.69) is 31.4 Å². The molecule has 0 aliphatic rings. The predicted octanol–water partition coefficient (Wildman–Crippen LogP) is 2.67. The van der Waals surface area contributed by atoms with E-state index in [1.165, 1.54) is 17.0 Å². The van der Waals surface area contributed by atoms with Crippen LogP contribution in [-0.2, 0) is 22.6 Å². The van der Waals surface area contributed by atoms with Crippen molar-refractivity contribution in [3.8, 4) is 0 Å². The number of carbonyl (C=O) groups excluding carboxylic acids is 1. The Morgan fingerprint density at radius 3 is 2.50 bits per heavy atom. The van der Waals surface area contributed by atoms with Gasteiger partial charge in [-0.05, 0) is 43.7 Å². The number of rotatable bonds is 9. The maximum absolute atomic E-state index is 13.1. The first-order chi connectivity index (χ1) is 12.4.